The molecule has 0 aromatic heterocycles. The summed E-state index contributed by atoms with van der Waals surface area (Å²) in [5.41, 5.74) is 1.34. The topological polar surface area (TPSA) is 44.4 Å². The summed E-state index contributed by atoms with van der Waals surface area (Å²) in [6.07, 6.45) is 3.69. The predicted molar refractivity (Wildman–Crippen MR) is 103 cm³/mol. The molecule has 0 bridgehead atoms. The molecular weight excluding hydrogens is 345 g/mol. The van der Waals surface area contributed by atoms with Gasteiger partial charge in [0, 0.05) is 25.2 Å². The number of rotatable bonds is 7. The molecule has 2 N–H and O–H groups in total. The Balaban J connectivity index is 0.00000144. The normalized spacial score (nSPS) is 23.2. The molecule has 4 nitrogen and oxygen atoms in total. The molecule has 2 aliphatic rings. The second kappa shape index (κ2) is 10.2. The molecule has 1 aliphatic carbocycles. The summed E-state index contributed by atoms with van der Waals surface area (Å²) in [5.74, 6) is 0.958. The lowest BCUT2D eigenvalue weighted by atomic mass is 10.2. The molecule has 24 heavy (non-hydrogen) atoms. The highest BCUT2D eigenvalue weighted by Crippen LogP contribution is 2.27. The Labute approximate surface area is 157 Å². The van der Waals surface area contributed by atoms with Crippen LogP contribution in [0.15, 0.2) is 30.3 Å². The van der Waals surface area contributed by atoms with Gasteiger partial charge in [0.2, 0.25) is 5.91 Å². The Bertz CT molecular complexity index is 496. The van der Waals surface area contributed by atoms with E-state index >= 15 is 0 Å². The fourth-order valence-electron chi connectivity index (χ4n) is 3.23. The molecule has 0 radical (unpaired) electrons. The van der Waals surface area contributed by atoms with E-state index < -0.39 is 0 Å². The van der Waals surface area contributed by atoms with Crippen LogP contribution in [0, 0.1) is 5.92 Å². The van der Waals surface area contributed by atoms with E-state index in [0.29, 0.717) is 12.6 Å². The lowest BCUT2D eigenvalue weighted by molar-refractivity contribution is -0.120. The van der Waals surface area contributed by atoms with Crippen LogP contribution in [-0.4, -0.2) is 42.5 Å². The number of hydrogen-bond acceptors (Lipinski definition) is 3. The Morgan fingerprint density at radius 3 is 2.58 bits per heavy atom. The first-order chi connectivity index (χ1) is 10.7. The van der Waals surface area contributed by atoms with Crippen LogP contribution in [0.3, 0.4) is 0 Å². The molecule has 1 aromatic rings. The van der Waals surface area contributed by atoms with Crippen LogP contribution < -0.4 is 10.6 Å². The largest absolute Gasteiger partial charge is 0.351 e. The molecule has 2 fully saturated rings. The molecule has 136 valence electrons. The van der Waals surface area contributed by atoms with Crippen molar-refractivity contribution >= 4 is 30.7 Å². The maximum absolute atomic E-state index is 12.0. The Hall–Kier alpha value is -0.810. The second-order valence-corrected chi connectivity index (χ2v) is 6.84. The van der Waals surface area contributed by atoms with E-state index in [0.717, 1.165) is 32.0 Å². The van der Waals surface area contributed by atoms with E-state index in [-0.39, 0.29) is 36.8 Å². The maximum atomic E-state index is 12.0. The summed E-state index contributed by atoms with van der Waals surface area (Å²) in [6.45, 7) is 5.62. The standard InChI is InChI=1S/C18H27N3O.2ClH/c1-14-9-17(20-18(22)11-19-10-15-7-8-15)13-21(14)12-16-5-3-2-4-6-16;;/h2-6,14-15,17,19H,7-13H2,1H3,(H,20,22);2*1H. The quantitative estimate of drug-likeness (QED) is 0.771. The monoisotopic (exact) mass is 373 g/mol. The van der Waals surface area contributed by atoms with Crippen molar-refractivity contribution in [2.45, 2.75) is 44.8 Å². The zero-order valence-electron chi connectivity index (χ0n) is 14.2. The van der Waals surface area contributed by atoms with Crippen molar-refractivity contribution in [1.82, 2.24) is 15.5 Å². The number of hydrogen-bond donors (Lipinski definition) is 2. The molecule has 1 saturated carbocycles. The van der Waals surface area contributed by atoms with Gasteiger partial charge in [0.15, 0.2) is 0 Å². The zero-order valence-corrected chi connectivity index (χ0v) is 15.9. The lowest BCUT2D eigenvalue weighted by Crippen LogP contribution is -2.42. The molecule has 1 aromatic carbocycles. The molecule has 1 saturated heterocycles. The number of amides is 1. The van der Waals surface area contributed by atoms with E-state index in [1.807, 2.05) is 0 Å². The number of nitrogens with one attached hydrogen (secondary N) is 2. The maximum Gasteiger partial charge on any atom is 0.234 e. The molecule has 0 spiro atoms. The van der Waals surface area contributed by atoms with Crippen LogP contribution >= 0.6 is 24.8 Å². The number of benzene rings is 1. The Morgan fingerprint density at radius 1 is 1.21 bits per heavy atom. The minimum atomic E-state index is 0. The van der Waals surface area contributed by atoms with Gasteiger partial charge in [0.05, 0.1) is 6.54 Å². The fraction of sp³-hybridized carbons (Fsp3) is 0.611. The summed E-state index contributed by atoms with van der Waals surface area (Å²) in [4.78, 5) is 14.4. The third-order valence-corrected chi connectivity index (χ3v) is 4.71. The highest BCUT2D eigenvalue weighted by atomic mass is 35.5. The first-order valence-corrected chi connectivity index (χ1v) is 8.49. The van der Waals surface area contributed by atoms with E-state index in [1.54, 1.807) is 0 Å². The molecule has 1 amide bonds. The van der Waals surface area contributed by atoms with E-state index in [2.05, 4.69) is 52.8 Å². The summed E-state index contributed by atoms with van der Waals surface area (Å²) in [6, 6.07) is 11.4. The van der Waals surface area contributed by atoms with Gasteiger partial charge < -0.3 is 10.6 Å². The van der Waals surface area contributed by atoms with Crippen molar-refractivity contribution in [3.05, 3.63) is 35.9 Å². The number of carbonyl (C=O) groups is 1. The van der Waals surface area contributed by atoms with Gasteiger partial charge in [-0.25, -0.2) is 0 Å². The average Bonchev–Trinajstić information content (AvgIpc) is 3.25. The fourth-order valence-corrected chi connectivity index (χ4v) is 3.23. The molecule has 2 atom stereocenters. The Morgan fingerprint density at radius 2 is 1.92 bits per heavy atom. The number of carbonyl (C=O) groups excluding carboxylic acids is 1. The van der Waals surface area contributed by atoms with Crippen LogP contribution in [0.2, 0.25) is 0 Å². The van der Waals surface area contributed by atoms with Gasteiger partial charge in [0.25, 0.3) is 0 Å². The van der Waals surface area contributed by atoms with Crippen molar-refractivity contribution in [2.24, 2.45) is 5.92 Å². The van der Waals surface area contributed by atoms with Crippen LogP contribution in [-0.2, 0) is 11.3 Å². The summed E-state index contributed by atoms with van der Waals surface area (Å²) in [5, 5.41) is 6.43. The third-order valence-electron chi connectivity index (χ3n) is 4.71. The average molecular weight is 374 g/mol. The van der Waals surface area contributed by atoms with Gasteiger partial charge in [-0.2, -0.15) is 0 Å². The van der Waals surface area contributed by atoms with Gasteiger partial charge in [-0.1, -0.05) is 30.3 Å². The number of halogens is 2. The van der Waals surface area contributed by atoms with Crippen LogP contribution in [0.25, 0.3) is 0 Å². The zero-order chi connectivity index (χ0) is 15.4. The van der Waals surface area contributed by atoms with Crippen molar-refractivity contribution in [1.29, 1.82) is 0 Å². The highest BCUT2D eigenvalue weighted by Gasteiger charge is 2.29. The lowest BCUT2D eigenvalue weighted by Gasteiger charge is -2.20. The SMILES string of the molecule is CC1CC(NC(=O)CNCC2CC2)CN1Cc1ccccc1.Cl.Cl. The minimum absolute atomic E-state index is 0. The van der Waals surface area contributed by atoms with Crippen LogP contribution in [0.5, 0.6) is 0 Å². The van der Waals surface area contributed by atoms with Crippen molar-refractivity contribution in [3.63, 3.8) is 0 Å². The molecule has 1 aliphatic heterocycles. The summed E-state index contributed by atoms with van der Waals surface area (Å²) < 4.78 is 0. The predicted octanol–water partition coefficient (Wildman–Crippen LogP) is 2.61. The third kappa shape index (κ3) is 6.60. The molecule has 2 unspecified atom stereocenters. The van der Waals surface area contributed by atoms with Crippen molar-refractivity contribution in [3.8, 4) is 0 Å². The van der Waals surface area contributed by atoms with Gasteiger partial charge in [-0.15, -0.1) is 24.8 Å². The van der Waals surface area contributed by atoms with Crippen LogP contribution in [0.4, 0.5) is 0 Å². The number of nitrogens with zero attached hydrogens (tertiary/aromatic N) is 1. The van der Waals surface area contributed by atoms with E-state index in [1.165, 1.54) is 18.4 Å². The first-order valence-electron chi connectivity index (χ1n) is 8.49. The Kier molecular flexibility index (Phi) is 9.06. The van der Waals surface area contributed by atoms with Crippen LogP contribution in [0.1, 0.15) is 31.7 Å². The second-order valence-electron chi connectivity index (χ2n) is 6.84. The summed E-state index contributed by atoms with van der Waals surface area (Å²) in [7, 11) is 0. The molecule has 3 rings (SSSR count). The number of likely N-dealkylation sites (tertiary alicyclic amines) is 1. The van der Waals surface area contributed by atoms with E-state index in [4.69, 9.17) is 0 Å². The van der Waals surface area contributed by atoms with Crippen molar-refractivity contribution in [2.75, 3.05) is 19.6 Å². The van der Waals surface area contributed by atoms with Crippen molar-refractivity contribution < 1.29 is 4.79 Å². The molecule has 1 heterocycles. The van der Waals surface area contributed by atoms with Gasteiger partial charge in [-0.3, -0.25) is 9.69 Å². The highest BCUT2D eigenvalue weighted by molar-refractivity contribution is 5.85. The molecule has 6 heteroatoms. The van der Waals surface area contributed by atoms with Gasteiger partial charge >= 0.3 is 0 Å². The molecular formula is C18H29Cl2N3O. The smallest absolute Gasteiger partial charge is 0.234 e. The first kappa shape index (κ1) is 21.2. The summed E-state index contributed by atoms with van der Waals surface area (Å²) >= 11 is 0. The van der Waals surface area contributed by atoms with Gasteiger partial charge in [-0.05, 0) is 44.2 Å². The van der Waals surface area contributed by atoms with E-state index in [9.17, 15) is 4.79 Å². The minimum Gasteiger partial charge on any atom is -0.351 e. The van der Waals surface area contributed by atoms with Gasteiger partial charge in [0.1, 0.15) is 0 Å².